The minimum absolute atomic E-state index is 0.0295. The van der Waals surface area contributed by atoms with Crippen molar-refractivity contribution in [3.8, 4) is 0 Å². The van der Waals surface area contributed by atoms with Crippen LogP contribution < -0.4 is 26.5 Å². The predicted molar refractivity (Wildman–Crippen MR) is 270 cm³/mol. The Hall–Kier alpha value is -4.38. The molecular weight excluding hydrogens is 925 g/mol. The van der Waals surface area contributed by atoms with E-state index < -0.39 is 36.0 Å². The van der Waals surface area contributed by atoms with Crippen molar-refractivity contribution in [3.05, 3.63) is 0 Å². The molecule has 0 fully saturated rings. The summed E-state index contributed by atoms with van der Waals surface area (Å²) in [5.74, 6) is -5.20. The van der Waals surface area contributed by atoms with E-state index in [1.807, 2.05) is 13.8 Å². The zero-order valence-corrected chi connectivity index (χ0v) is 43.5. The van der Waals surface area contributed by atoms with Gasteiger partial charge in [-0.05, 0) is 38.5 Å². The third kappa shape index (κ3) is 54.8. The molecule has 2 radical (unpaired) electrons. The van der Waals surface area contributed by atoms with Crippen molar-refractivity contribution in [1.29, 1.82) is 0 Å². The zero-order valence-electron chi connectivity index (χ0n) is 43.5. The summed E-state index contributed by atoms with van der Waals surface area (Å²) in [5, 5.41) is 47.8. The molecule has 0 heterocycles. The van der Waals surface area contributed by atoms with Gasteiger partial charge in [0.2, 0.25) is 23.6 Å². The average Bonchev–Trinajstić information content (AvgIpc) is 3.33. The summed E-state index contributed by atoms with van der Waals surface area (Å²) in [5.41, 5.74) is 0. The summed E-state index contributed by atoms with van der Waals surface area (Å²) < 4.78 is 21.3. The number of rotatable bonds is 48. The first kappa shape index (κ1) is 70.9. The number of amides is 4. The number of ether oxygens (including phenoxy) is 4. The van der Waals surface area contributed by atoms with E-state index in [4.69, 9.17) is 42.2 Å². The van der Waals surface area contributed by atoms with E-state index in [9.17, 15) is 43.5 Å². The molecule has 0 aromatic carbocycles. The van der Waals surface area contributed by atoms with Crippen molar-refractivity contribution in [3.63, 3.8) is 0 Å². The summed E-state index contributed by atoms with van der Waals surface area (Å²) >= 11 is 0. The highest BCUT2D eigenvalue weighted by Crippen LogP contribution is 2.14. The Kier molecular flexibility index (Phi) is 53.3. The van der Waals surface area contributed by atoms with Gasteiger partial charge in [-0.2, -0.15) is 0 Å². The summed E-state index contributed by atoms with van der Waals surface area (Å²) in [7, 11) is 5.17. The number of nitrogens with one attached hydrogen (secondary N) is 5. The van der Waals surface area contributed by atoms with Gasteiger partial charge >= 0.3 is 23.9 Å². The first-order valence-electron chi connectivity index (χ1n) is 25.9. The van der Waals surface area contributed by atoms with Crippen LogP contribution in [0.25, 0.3) is 0 Å². The lowest BCUT2D eigenvalue weighted by Gasteiger charge is -2.14. The molecule has 0 saturated heterocycles. The molecule has 22 heteroatoms. The van der Waals surface area contributed by atoms with Gasteiger partial charge in [0, 0.05) is 38.9 Å². The number of hydrogen-bond donors (Lipinski definition) is 9. The number of hydrogen-bond acceptors (Lipinski definition) is 13. The molecule has 9 N–H and O–H groups in total. The van der Waals surface area contributed by atoms with E-state index in [0.717, 1.165) is 38.5 Å². The van der Waals surface area contributed by atoms with Gasteiger partial charge in [-0.15, -0.1) is 0 Å². The van der Waals surface area contributed by atoms with Crippen LogP contribution in [0.1, 0.15) is 175 Å². The SMILES string of the molecule is CC.CC(C)C(=O)O.[B]NC(CCCCNC(=O)COCCOCCNC(=O)COCCOCCNC(=O)CCC(NC(=O)CCCCCCCCCCCCCCCCCCC(=O)O)C(=O)O)C(=O)O. The van der Waals surface area contributed by atoms with Crippen molar-refractivity contribution < 1.29 is 77.7 Å². The molecular formula is C49H92BN5O16. The van der Waals surface area contributed by atoms with Crippen LogP contribution in [0.2, 0.25) is 0 Å². The third-order valence-electron chi connectivity index (χ3n) is 10.4. The van der Waals surface area contributed by atoms with Crippen LogP contribution in [0.5, 0.6) is 0 Å². The average molecular weight is 1020 g/mol. The van der Waals surface area contributed by atoms with Gasteiger partial charge in [0.1, 0.15) is 19.3 Å². The highest BCUT2D eigenvalue weighted by atomic mass is 16.5. The van der Waals surface area contributed by atoms with E-state index >= 15 is 0 Å². The van der Waals surface area contributed by atoms with Gasteiger partial charge in [0.05, 0.1) is 51.6 Å². The zero-order chi connectivity index (χ0) is 53.8. The summed E-state index contributed by atoms with van der Waals surface area (Å²) in [4.78, 5) is 91.0. The first-order chi connectivity index (χ1) is 34.1. The van der Waals surface area contributed by atoms with E-state index in [1.165, 1.54) is 57.8 Å². The van der Waals surface area contributed by atoms with Crippen LogP contribution in [-0.4, -0.2) is 160 Å². The Morgan fingerprint density at radius 2 is 0.789 bits per heavy atom. The summed E-state index contributed by atoms with van der Waals surface area (Å²) in [6.07, 6.45) is 19.8. The molecule has 71 heavy (non-hydrogen) atoms. The molecule has 0 rings (SSSR count). The molecule has 21 nitrogen and oxygen atoms in total. The van der Waals surface area contributed by atoms with Crippen LogP contribution in [-0.2, 0) is 57.3 Å². The Labute approximate surface area is 424 Å². The number of aliphatic carboxylic acids is 4. The van der Waals surface area contributed by atoms with Gasteiger partial charge < -0.3 is 65.9 Å². The van der Waals surface area contributed by atoms with Crippen LogP contribution in [0.15, 0.2) is 0 Å². The van der Waals surface area contributed by atoms with Crippen molar-refractivity contribution in [1.82, 2.24) is 26.5 Å². The lowest BCUT2D eigenvalue weighted by atomic mass is 10.0. The van der Waals surface area contributed by atoms with Gasteiger partial charge in [-0.1, -0.05) is 118 Å². The number of carbonyl (C=O) groups is 8. The fraction of sp³-hybridized carbons (Fsp3) is 0.837. The van der Waals surface area contributed by atoms with Crippen molar-refractivity contribution in [2.24, 2.45) is 5.92 Å². The number of carboxylic acid groups (broad SMARTS) is 4. The van der Waals surface area contributed by atoms with Crippen molar-refractivity contribution in [2.45, 2.75) is 187 Å². The second kappa shape index (κ2) is 53.4. The van der Waals surface area contributed by atoms with Crippen LogP contribution in [0.4, 0.5) is 0 Å². The van der Waals surface area contributed by atoms with Gasteiger partial charge in [-0.25, -0.2) is 4.79 Å². The van der Waals surface area contributed by atoms with Gasteiger partial charge in [-0.3, -0.25) is 33.6 Å². The molecule has 0 aliphatic rings. The minimum Gasteiger partial charge on any atom is -0.481 e. The quantitative estimate of drug-likeness (QED) is 0.0289. The molecule has 0 aliphatic carbocycles. The number of carboxylic acids is 4. The first-order valence-corrected chi connectivity index (χ1v) is 25.9. The van der Waals surface area contributed by atoms with E-state index in [-0.39, 0.29) is 121 Å². The second-order valence-corrected chi connectivity index (χ2v) is 17.0. The maximum absolute atomic E-state index is 12.3. The third-order valence-corrected chi connectivity index (χ3v) is 10.4. The van der Waals surface area contributed by atoms with Crippen LogP contribution >= 0.6 is 0 Å². The maximum atomic E-state index is 12.3. The topological polar surface area (TPSA) is 315 Å². The molecule has 2 unspecified atom stereocenters. The maximum Gasteiger partial charge on any atom is 0.326 e. The second-order valence-electron chi connectivity index (χ2n) is 17.0. The smallest absolute Gasteiger partial charge is 0.326 e. The Balaban J connectivity index is -0.00000533. The predicted octanol–water partition coefficient (Wildman–Crippen LogP) is 4.91. The highest BCUT2D eigenvalue weighted by Gasteiger charge is 2.21. The van der Waals surface area contributed by atoms with Gasteiger partial charge in [0.15, 0.2) is 7.98 Å². The summed E-state index contributed by atoms with van der Waals surface area (Å²) in [6.45, 7) is 9.03. The largest absolute Gasteiger partial charge is 0.481 e. The van der Waals surface area contributed by atoms with Crippen molar-refractivity contribution >= 4 is 55.5 Å². The fourth-order valence-electron chi connectivity index (χ4n) is 6.30. The monoisotopic (exact) mass is 1020 g/mol. The Bertz CT molecular complexity index is 1380. The van der Waals surface area contributed by atoms with Crippen molar-refractivity contribution in [2.75, 3.05) is 72.5 Å². The lowest BCUT2D eigenvalue weighted by molar-refractivity contribution is -0.142. The Morgan fingerprint density at radius 3 is 1.18 bits per heavy atom. The molecule has 0 aromatic heterocycles. The molecule has 0 spiro atoms. The van der Waals surface area contributed by atoms with Crippen LogP contribution in [0.3, 0.4) is 0 Å². The fourth-order valence-corrected chi connectivity index (χ4v) is 6.30. The number of carbonyl (C=O) groups excluding carboxylic acids is 4. The number of unbranched alkanes of at least 4 members (excludes halogenated alkanes) is 16. The molecule has 0 bridgehead atoms. The molecule has 0 saturated carbocycles. The standard InChI is InChI=1S/C43H78BN5O14.C4H8O2.C2H6/c44-49-36(43(58)59)19-17-18-24-45-39(52)33-62-31-30-61-28-26-47-40(53)34-63-32-29-60-27-25-46-37(50)23-22-35(42(56)57)48-38(51)20-15-13-11-9-7-5-3-1-2-4-6-8-10-12-14-16-21-41(54)55;1-3(2)4(5)6;1-2/h35-36,49H,1-34H2,(H,45,52)(H,46,50)(H,47,53)(H,48,51)(H,54,55)(H,56,57)(H,58,59);3H,1-2H3,(H,5,6);1-2H3. The minimum atomic E-state index is -1.19. The van der Waals surface area contributed by atoms with E-state index in [2.05, 4.69) is 26.5 Å². The molecule has 2 atom stereocenters. The van der Waals surface area contributed by atoms with E-state index in [1.54, 1.807) is 13.8 Å². The molecule has 412 valence electrons. The highest BCUT2D eigenvalue weighted by molar-refractivity contribution is 6.06. The normalized spacial score (nSPS) is 11.5. The Morgan fingerprint density at radius 1 is 0.408 bits per heavy atom. The molecule has 0 aromatic rings. The van der Waals surface area contributed by atoms with Crippen LogP contribution in [0, 0.1) is 5.92 Å². The summed E-state index contributed by atoms with van der Waals surface area (Å²) in [6, 6.07) is -1.96. The lowest BCUT2D eigenvalue weighted by Crippen LogP contribution is -2.41. The molecule has 4 amide bonds. The molecule has 0 aliphatic heterocycles. The van der Waals surface area contributed by atoms with Gasteiger partial charge in [0.25, 0.3) is 0 Å². The van der Waals surface area contributed by atoms with E-state index in [0.29, 0.717) is 32.2 Å².